The summed E-state index contributed by atoms with van der Waals surface area (Å²) in [6.45, 7) is 6.45. The number of aromatic carboxylic acids is 1. The van der Waals surface area contributed by atoms with E-state index in [2.05, 4.69) is 20.8 Å². The van der Waals surface area contributed by atoms with Gasteiger partial charge >= 0.3 is 5.97 Å². The van der Waals surface area contributed by atoms with Gasteiger partial charge < -0.3 is 14.6 Å². The molecule has 0 saturated heterocycles. The number of carbonyl (C=O) groups is 2. The van der Waals surface area contributed by atoms with E-state index in [0.717, 1.165) is 19.3 Å². The average molecular weight is 470 g/mol. The number of nitrogens with zero attached hydrogens (tertiary/aromatic N) is 1. The Labute approximate surface area is 199 Å². The number of nitro groups is 1. The van der Waals surface area contributed by atoms with Crippen LogP contribution in [0.1, 0.15) is 56.0 Å². The van der Waals surface area contributed by atoms with Crippen molar-refractivity contribution in [3.8, 4) is 11.5 Å². The lowest BCUT2D eigenvalue weighted by Crippen LogP contribution is -2.35. The third kappa shape index (κ3) is 6.63. The summed E-state index contributed by atoms with van der Waals surface area (Å²) in [5, 5.41) is 20.5. The molecule has 34 heavy (non-hydrogen) atoms. The standard InChI is InChI=1S/C26H31NO7/c1-16(2)23-10-4-17(3)12-25(23)33-15-20(28)13-19-14-22(9-11-24(19)27(31)32)34-21-7-5-18(6-8-21)26(29)30/h5-9,11,14,16-17,23,25H,4,10,12-13,15H2,1-3H3,(H,29,30)/t17-,23?,25-/m1/s1. The van der Waals surface area contributed by atoms with Gasteiger partial charge in [0.1, 0.15) is 18.1 Å². The van der Waals surface area contributed by atoms with Gasteiger partial charge in [-0.15, -0.1) is 0 Å². The molecule has 1 aliphatic rings. The van der Waals surface area contributed by atoms with Crippen molar-refractivity contribution in [3.05, 3.63) is 63.7 Å². The first kappa shape index (κ1) is 25.4. The molecule has 0 spiro atoms. The molecule has 0 bridgehead atoms. The van der Waals surface area contributed by atoms with Crippen molar-refractivity contribution >= 4 is 17.4 Å². The van der Waals surface area contributed by atoms with Gasteiger partial charge in [0.2, 0.25) is 0 Å². The van der Waals surface area contributed by atoms with Gasteiger partial charge in [-0.2, -0.15) is 0 Å². The number of nitro benzene ring substituents is 1. The van der Waals surface area contributed by atoms with Crippen LogP contribution in [0.25, 0.3) is 0 Å². The molecule has 0 aromatic heterocycles. The topological polar surface area (TPSA) is 116 Å². The zero-order chi connectivity index (χ0) is 24.8. The number of carboxylic acids is 1. The summed E-state index contributed by atoms with van der Waals surface area (Å²) < 4.78 is 11.7. The molecule has 3 atom stereocenters. The Hall–Kier alpha value is -3.26. The second-order valence-electron chi connectivity index (χ2n) is 9.37. The molecule has 0 aliphatic heterocycles. The summed E-state index contributed by atoms with van der Waals surface area (Å²) >= 11 is 0. The van der Waals surface area contributed by atoms with Gasteiger partial charge in [-0.1, -0.05) is 27.2 Å². The first-order valence-corrected chi connectivity index (χ1v) is 11.6. The van der Waals surface area contributed by atoms with E-state index in [1.807, 2.05) is 0 Å². The van der Waals surface area contributed by atoms with E-state index in [1.165, 1.54) is 42.5 Å². The molecule has 3 rings (SSSR count). The van der Waals surface area contributed by atoms with Crippen molar-refractivity contribution in [1.82, 2.24) is 0 Å². The van der Waals surface area contributed by atoms with Crippen LogP contribution >= 0.6 is 0 Å². The predicted octanol–water partition coefficient (Wildman–Crippen LogP) is 5.67. The fraction of sp³-hybridized carbons (Fsp3) is 0.462. The Morgan fingerprint density at radius 2 is 1.79 bits per heavy atom. The average Bonchev–Trinajstić information content (AvgIpc) is 2.78. The number of rotatable bonds is 10. The highest BCUT2D eigenvalue weighted by atomic mass is 16.6. The molecule has 2 aromatic carbocycles. The van der Waals surface area contributed by atoms with Crippen molar-refractivity contribution in [2.24, 2.45) is 17.8 Å². The molecule has 0 amide bonds. The van der Waals surface area contributed by atoms with E-state index in [4.69, 9.17) is 14.6 Å². The normalized spacial score (nSPS) is 20.2. The molecule has 0 heterocycles. The third-order valence-corrected chi connectivity index (χ3v) is 6.39. The highest BCUT2D eigenvalue weighted by Crippen LogP contribution is 2.35. The number of ether oxygens (including phenoxy) is 2. The van der Waals surface area contributed by atoms with Gasteiger partial charge in [-0.05, 0) is 67.0 Å². The first-order chi connectivity index (χ1) is 16.1. The minimum Gasteiger partial charge on any atom is -0.478 e. The minimum atomic E-state index is -1.05. The number of hydrogen-bond donors (Lipinski definition) is 1. The number of benzene rings is 2. The summed E-state index contributed by atoms with van der Waals surface area (Å²) in [4.78, 5) is 34.7. The fourth-order valence-electron chi connectivity index (χ4n) is 4.52. The fourth-order valence-corrected chi connectivity index (χ4v) is 4.52. The lowest BCUT2D eigenvalue weighted by Gasteiger charge is -2.37. The molecule has 1 aliphatic carbocycles. The zero-order valence-electron chi connectivity index (χ0n) is 19.7. The molecule has 2 aromatic rings. The number of hydrogen-bond acceptors (Lipinski definition) is 6. The Morgan fingerprint density at radius 1 is 1.12 bits per heavy atom. The van der Waals surface area contributed by atoms with Crippen LogP contribution in [-0.4, -0.2) is 34.5 Å². The summed E-state index contributed by atoms with van der Waals surface area (Å²) in [5.41, 5.74) is 0.207. The molecule has 1 N–H and O–H groups in total. The van der Waals surface area contributed by atoms with Crippen molar-refractivity contribution in [1.29, 1.82) is 0 Å². The summed E-state index contributed by atoms with van der Waals surface area (Å²) in [6.07, 6.45) is 3.04. The molecule has 0 radical (unpaired) electrons. The molecular weight excluding hydrogens is 438 g/mol. The van der Waals surface area contributed by atoms with Gasteiger partial charge in [0.05, 0.1) is 16.6 Å². The number of Topliss-reactive ketones (excluding diaryl/α,β-unsaturated/α-hetero) is 1. The van der Waals surface area contributed by atoms with E-state index in [1.54, 1.807) is 0 Å². The quantitative estimate of drug-likeness (QED) is 0.352. The van der Waals surface area contributed by atoms with Crippen LogP contribution in [-0.2, 0) is 16.0 Å². The lowest BCUT2D eigenvalue weighted by molar-refractivity contribution is -0.385. The van der Waals surface area contributed by atoms with Crippen LogP contribution in [0.5, 0.6) is 11.5 Å². The highest BCUT2D eigenvalue weighted by molar-refractivity contribution is 5.87. The van der Waals surface area contributed by atoms with E-state index >= 15 is 0 Å². The maximum atomic E-state index is 12.7. The predicted molar refractivity (Wildman–Crippen MR) is 126 cm³/mol. The molecule has 1 saturated carbocycles. The third-order valence-electron chi connectivity index (χ3n) is 6.39. The molecule has 1 unspecified atom stereocenters. The molecule has 1 fully saturated rings. The van der Waals surface area contributed by atoms with Crippen LogP contribution in [0.3, 0.4) is 0 Å². The number of carbonyl (C=O) groups excluding carboxylic acids is 1. The van der Waals surface area contributed by atoms with E-state index in [0.29, 0.717) is 29.3 Å². The summed E-state index contributed by atoms with van der Waals surface area (Å²) in [7, 11) is 0. The van der Waals surface area contributed by atoms with Gasteiger partial charge in [-0.25, -0.2) is 4.79 Å². The van der Waals surface area contributed by atoms with E-state index in [9.17, 15) is 19.7 Å². The second kappa shape index (κ2) is 11.2. The summed E-state index contributed by atoms with van der Waals surface area (Å²) in [6, 6.07) is 10.0. The zero-order valence-corrected chi connectivity index (χ0v) is 19.7. The maximum absolute atomic E-state index is 12.7. The van der Waals surface area contributed by atoms with Gasteiger partial charge in [-0.3, -0.25) is 14.9 Å². The van der Waals surface area contributed by atoms with Crippen molar-refractivity contribution < 1.29 is 29.1 Å². The van der Waals surface area contributed by atoms with Crippen molar-refractivity contribution in [3.63, 3.8) is 0 Å². The van der Waals surface area contributed by atoms with Gasteiger partial charge in [0, 0.05) is 18.1 Å². The lowest BCUT2D eigenvalue weighted by atomic mass is 9.75. The number of carboxylic acid groups (broad SMARTS) is 1. The first-order valence-electron chi connectivity index (χ1n) is 11.6. The molecular formula is C26H31NO7. The van der Waals surface area contributed by atoms with Crippen LogP contribution in [0.2, 0.25) is 0 Å². The van der Waals surface area contributed by atoms with Crippen LogP contribution < -0.4 is 4.74 Å². The smallest absolute Gasteiger partial charge is 0.335 e. The maximum Gasteiger partial charge on any atom is 0.335 e. The van der Waals surface area contributed by atoms with E-state index in [-0.39, 0.29) is 41.7 Å². The largest absolute Gasteiger partial charge is 0.478 e. The molecule has 8 nitrogen and oxygen atoms in total. The Balaban J connectivity index is 1.68. The second-order valence-corrected chi connectivity index (χ2v) is 9.37. The Kier molecular flexibility index (Phi) is 8.39. The highest BCUT2D eigenvalue weighted by Gasteiger charge is 2.32. The Morgan fingerprint density at radius 3 is 2.41 bits per heavy atom. The van der Waals surface area contributed by atoms with Gasteiger partial charge in [0.15, 0.2) is 5.78 Å². The Bertz CT molecular complexity index is 1030. The SMILES string of the molecule is CC(C)C1CC[C@@H](C)C[C@H]1OCC(=O)Cc1cc(Oc2ccc(C(=O)O)cc2)ccc1[N+](=O)[O-]. The van der Waals surface area contributed by atoms with Crippen LogP contribution in [0.4, 0.5) is 5.69 Å². The van der Waals surface area contributed by atoms with Crippen molar-refractivity contribution in [2.75, 3.05) is 6.61 Å². The van der Waals surface area contributed by atoms with Crippen molar-refractivity contribution in [2.45, 2.75) is 52.6 Å². The number of ketones is 1. The van der Waals surface area contributed by atoms with Gasteiger partial charge in [0.25, 0.3) is 5.69 Å². The monoisotopic (exact) mass is 469 g/mol. The van der Waals surface area contributed by atoms with Crippen LogP contribution in [0, 0.1) is 27.9 Å². The molecule has 182 valence electrons. The van der Waals surface area contributed by atoms with E-state index < -0.39 is 10.9 Å². The minimum absolute atomic E-state index is 0.0196. The summed E-state index contributed by atoms with van der Waals surface area (Å²) in [5.74, 6) is 0.840. The molecule has 8 heteroatoms. The van der Waals surface area contributed by atoms with Crippen LogP contribution in [0.15, 0.2) is 42.5 Å².